The molecule has 0 bridgehead atoms. The van der Waals surface area contributed by atoms with Gasteiger partial charge in [-0.2, -0.15) is 0 Å². The summed E-state index contributed by atoms with van der Waals surface area (Å²) in [7, 11) is 3.53. The summed E-state index contributed by atoms with van der Waals surface area (Å²) in [5.41, 5.74) is 1.92. The number of benzene rings is 1. The van der Waals surface area contributed by atoms with Crippen molar-refractivity contribution >= 4 is 17.5 Å². The van der Waals surface area contributed by atoms with Crippen molar-refractivity contribution in [2.45, 2.75) is 32.1 Å². The number of nitrogens with one attached hydrogen (secondary N) is 1. The second-order valence-corrected chi connectivity index (χ2v) is 6.37. The van der Waals surface area contributed by atoms with Crippen molar-refractivity contribution in [1.29, 1.82) is 0 Å². The number of anilines is 1. The number of piperidine rings is 1. The van der Waals surface area contributed by atoms with Crippen molar-refractivity contribution in [1.82, 2.24) is 9.80 Å². The van der Waals surface area contributed by atoms with Crippen LogP contribution in [0.3, 0.4) is 0 Å². The number of hydrogen-bond donors (Lipinski definition) is 1. The predicted octanol–water partition coefficient (Wildman–Crippen LogP) is 2.13. The van der Waals surface area contributed by atoms with Gasteiger partial charge in [0.2, 0.25) is 11.8 Å². The highest BCUT2D eigenvalue weighted by atomic mass is 16.2. The van der Waals surface area contributed by atoms with E-state index in [1.54, 1.807) is 19.0 Å². The lowest BCUT2D eigenvalue weighted by molar-refractivity contribution is -0.128. The lowest BCUT2D eigenvalue weighted by Crippen LogP contribution is -2.36. The van der Waals surface area contributed by atoms with Crippen LogP contribution < -0.4 is 5.32 Å². The number of amides is 2. The van der Waals surface area contributed by atoms with Crippen LogP contribution in [0.25, 0.3) is 0 Å². The van der Waals surface area contributed by atoms with E-state index in [2.05, 4.69) is 10.2 Å². The van der Waals surface area contributed by atoms with E-state index in [1.807, 2.05) is 24.3 Å². The molecule has 1 aromatic rings. The Bertz CT molecular complexity index is 520. The van der Waals surface area contributed by atoms with E-state index in [0.717, 1.165) is 30.8 Å². The molecule has 1 saturated heterocycles. The van der Waals surface area contributed by atoms with Gasteiger partial charge in [0, 0.05) is 26.2 Å². The first-order chi connectivity index (χ1) is 11.0. The van der Waals surface area contributed by atoms with Crippen molar-refractivity contribution in [3.8, 4) is 0 Å². The van der Waals surface area contributed by atoms with Crippen molar-refractivity contribution in [2.75, 3.05) is 39.0 Å². The largest absolute Gasteiger partial charge is 0.349 e. The molecule has 0 radical (unpaired) electrons. The van der Waals surface area contributed by atoms with E-state index in [9.17, 15) is 9.59 Å². The standard InChI is InChI=1S/C18H27N3O2/c1-20(2)18(23)11-8-15-6-9-16(10-7-15)19-17(22)14-21-12-4-3-5-13-21/h6-7,9-10H,3-5,8,11-14H2,1-2H3,(H,19,22). The van der Waals surface area contributed by atoms with Crippen LogP contribution in [0.15, 0.2) is 24.3 Å². The first kappa shape index (κ1) is 17.5. The molecule has 0 saturated carbocycles. The van der Waals surface area contributed by atoms with Gasteiger partial charge in [0.25, 0.3) is 0 Å². The van der Waals surface area contributed by atoms with Gasteiger partial charge < -0.3 is 10.2 Å². The Hall–Kier alpha value is -1.88. The first-order valence-electron chi connectivity index (χ1n) is 8.36. The highest BCUT2D eigenvalue weighted by Crippen LogP contribution is 2.12. The normalized spacial score (nSPS) is 15.2. The van der Waals surface area contributed by atoms with Gasteiger partial charge in [-0.05, 0) is 50.0 Å². The Balaban J connectivity index is 1.77. The fourth-order valence-electron chi connectivity index (χ4n) is 2.75. The van der Waals surface area contributed by atoms with Crippen molar-refractivity contribution < 1.29 is 9.59 Å². The molecule has 0 atom stereocenters. The molecule has 2 amide bonds. The van der Waals surface area contributed by atoms with E-state index in [1.165, 1.54) is 19.3 Å². The molecule has 1 N–H and O–H groups in total. The van der Waals surface area contributed by atoms with Crippen LogP contribution in [0.2, 0.25) is 0 Å². The second kappa shape index (κ2) is 8.67. The Kier molecular flexibility index (Phi) is 6.59. The number of hydrogen-bond acceptors (Lipinski definition) is 3. The van der Waals surface area contributed by atoms with Gasteiger partial charge >= 0.3 is 0 Å². The van der Waals surface area contributed by atoms with Gasteiger partial charge in [0.1, 0.15) is 0 Å². The first-order valence-corrected chi connectivity index (χ1v) is 8.36. The molecule has 1 fully saturated rings. The summed E-state index contributed by atoms with van der Waals surface area (Å²) in [6.45, 7) is 2.51. The number of carbonyl (C=O) groups excluding carboxylic acids is 2. The average molecular weight is 317 g/mol. The number of rotatable bonds is 6. The Labute approximate surface area is 138 Å². The Morgan fingerprint density at radius 3 is 2.35 bits per heavy atom. The number of aryl methyl sites for hydroxylation is 1. The molecule has 2 rings (SSSR count). The summed E-state index contributed by atoms with van der Waals surface area (Å²) >= 11 is 0. The maximum absolute atomic E-state index is 12.1. The Morgan fingerprint density at radius 1 is 1.09 bits per heavy atom. The summed E-state index contributed by atoms with van der Waals surface area (Å²) < 4.78 is 0. The summed E-state index contributed by atoms with van der Waals surface area (Å²) in [6.07, 6.45) is 4.88. The van der Waals surface area contributed by atoms with Gasteiger partial charge in [-0.15, -0.1) is 0 Å². The minimum atomic E-state index is 0.0439. The maximum atomic E-state index is 12.1. The van der Waals surface area contributed by atoms with Crippen LogP contribution >= 0.6 is 0 Å². The number of nitrogens with zero attached hydrogens (tertiary/aromatic N) is 2. The van der Waals surface area contributed by atoms with Gasteiger partial charge in [-0.3, -0.25) is 14.5 Å². The molecule has 0 aliphatic carbocycles. The zero-order valence-electron chi connectivity index (χ0n) is 14.2. The molecule has 0 unspecified atom stereocenters. The zero-order chi connectivity index (χ0) is 16.7. The smallest absolute Gasteiger partial charge is 0.238 e. The summed E-state index contributed by atoms with van der Waals surface area (Å²) in [4.78, 5) is 27.4. The lowest BCUT2D eigenvalue weighted by Gasteiger charge is -2.25. The van der Waals surface area contributed by atoms with E-state index in [0.29, 0.717) is 13.0 Å². The average Bonchev–Trinajstić information content (AvgIpc) is 2.54. The molecule has 1 aromatic carbocycles. The molecule has 0 aromatic heterocycles. The predicted molar refractivity (Wildman–Crippen MR) is 92.4 cm³/mol. The summed E-state index contributed by atoms with van der Waals surface area (Å²) in [5.74, 6) is 0.173. The fourth-order valence-corrected chi connectivity index (χ4v) is 2.75. The molecule has 0 spiro atoms. The van der Waals surface area contributed by atoms with Crippen LogP contribution in [0.5, 0.6) is 0 Å². The van der Waals surface area contributed by atoms with Gasteiger partial charge in [-0.1, -0.05) is 18.6 Å². The van der Waals surface area contributed by atoms with Crippen LogP contribution in [0.1, 0.15) is 31.2 Å². The molecule has 5 nitrogen and oxygen atoms in total. The van der Waals surface area contributed by atoms with E-state index >= 15 is 0 Å². The van der Waals surface area contributed by atoms with E-state index in [4.69, 9.17) is 0 Å². The minimum Gasteiger partial charge on any atom is -0.349 e. The van der Waals surface area contributed by atoms with Gasteiger partial charge in [-0.25, -0.2) is 0 Å². The monoisotopic (exact) mass is 317 g/mol. The molecular formula is C18H27N3O2. The maximum Gasteiger partial charge on any atom is 0.238 e. The molecule has 1 aliphatic heterocycles. The van der Waals surface area contributed by atoms with E-state index < -0.39 is 0 Å². The van der Waals surface area contributed by atoms with Crippen LogP contribution in [-0.4, -0.2) is 55.3 Å². The minimum absolute atomic E-state index is 0.0439. The lowest BCUT2D eigenvalue weighted by atomic mass is 10.1. The molecule has 5 heteroatoms. The SMILES string of the molecule is CN(C)C(=O)CCc1ccc(NC(=O)CN2CCCCC2)cc1. The third kappa shape index (κ3) is 6.02. The fraction of sp³-hybridized carbons (Fsp3) is 0.556. The van der Waals surface area contributed by atoms with Crippen LogP contribution in [-0.2, 0) is 16.0 Å². The van der Waals surface area contributed by atoms with E-state index in [-0.39, 0.29) is 11.8 Å². The van der Waals surface area contributed by atoms with Crippen LogP contribution in [0, 0.1) is 0 Å². The number of likely N-dealkylation sites (tertiary alicyclic amines) is 1. The Morgan fingerprint density at radius 2 is 1.74 bits per heavy atom. The zero-order valence-corrected chi connectivity index (χ0v) is 14.2. The van der Waals surface area contributed by atoms with Crippen molar-refractivity contribution in [3.05, 3.63) is 29.8 Å². The molecule has 23 heavy (non-hydrogen) atoms. The van der Waals surface area contributed by atoms with Crippen molar-refractivity contribution in [2.24, 2.45) is 0 Å². The molecule has 126 valence electrons. The van der Waals surface area contributed by atoms with Crippen LogP contribution in [0.4, 0.5) is 5.69 Å². The highest BCUT2D eigenvalue weighted by Gasteiger charge is 2.13. The third-order valence-corrected chi connectivity index (χ3v) is 4.18. The summed E-state index contributed by atoms with van der Waals surface area (Å²) in [5, 5.41) is 2.94. The molecule has 1 aliphatic rings. The summed E-state index contributed by atoms with van der Waals surface area (Å²) in [6, 6.07) is 7.76. The topological polar surface area (TPSA) is 52.7 Å². The quantitative estimate of drug-likeness (QED) is 0.874. The van der Waals surface area contributed by atoms with Crippen molar-refractivity contribution in [3.63, 3.8) is 0 Å². The molecule has 1 heterocycles. The van der Waals surface area contributed by atoms with Gasteiger partial charge in [0.15, 0.2) is 0 Å². The second-order valence-electron chi connectivity index (χ2n) is 6.37. The third-order valence-electron chi connectivity index (χ3n) is 4.18. The number of carbonyl (C=O) groups is 2. The molecular weight excluding hydrogens is 290 g/mol. The highest BCUT2D eigenvalue weighted by molar-refractivity contribution is 5.92. The van der Waals surface area contributed by atoms with Gasteiger partial charge in [0.05, 0.1) is 6.54 Å².